The molecule has 94 valence electrons. The Morgan fingerprint density at radius 1 is 1.06 bits per heavy atom. The highest BCUT2D eigenvalue weighted by atomic mass is 35.5. The highest BCUT2D eigenvalue weighted by Gasteiger charge is 2.01. The normalized spacial score (nSPS) is 10.6. The predicted octanol–water partition coefficient (Wildman–Crippen LogP) is 4.08. The van der Waals surface area contributed by atoms with E-state index in [4.69, 9.17) is 11.6 Å². The summed E-state index contributed by atoms with van der Waals surface area (Å²) in [7, 11) is 0. The van der Waals surface area contributed by atoms with Crippen molar-refractivity contribution in [2.45, 2.75) is 20.0 Å². The van der Waals surface area contributed by atoms with E-state index in [1.165, 1.54) is 6.07 Å². The topological polar surface area (TPSA) is 12.0 Å². The van der Waals surface area contributed by atoms with Gasteiger partial charge in [-0.05, 0) is 41.8 Å². The Balaban J connectivity index is 1.95. The molecule has 0 amide bonds. The van der Waals surface area contributed by atoms with Gasteiger partial charge in [0.25, 0.3) is 0 Å². The Labute approximate surface area is 112 Å². The maximum Gasteiger partial charge on any atom is 0.123 e. The first-order valence-electron chi connectivity index (χ1n) is 5.86. The minimum Gasteiger partial charge on any atom is -0.309 e. The van der Waals surface area contributed by atoms with Gasteiger partial charge in [0, 0.05) is 18.1 Å². The van der Waals surface area contributed by atoms with Crippen LogP contribution in [0.2, 0.25) is 5.02 Å². The van der Waals surface area contributed by atoms with E-state index in [1.807, 2.05) is 37.3 Å². The number of benzene rings is 2. The summed E-state index contributed by atoms with van der Waals surface area (Å²) in [4.78, 5) is 0. The van der Waals surface area contributed by atoms with Crippen molar-refractivity contribution in [3.05, 3.63) is 70.0 Å². The van der Waals surface area contributed by atoms with E-state index in [9.17, 15) is 4.39 Å². The van der Waals surface area contributed by atoms with Crippen molar-refractivity contribution in [3.8, 4) is 0 Å². The van der Waals surface area contributed by atoms with E-state index in [0.29, 0.717) is 13.1 Å². The van der Waals surface area contributed by atoms with E-state index in [2.05, 4.69) is 5.32 Å². The fraction of sp³-hybridized carbons (Fsp3) is 0.200. The van der Waals surface area contributed by atoms with E-state index < -0.39 is 0 Å². The third-order valence-electron chi connectivity index (χ3n) is 2.89. The minimum atomic E-state index is -0.192. The molecule has 2 aromatic carbocycles. The number of halogens is 2. The second-order valence-electron chi connectivity index (χ2n) is 4.27. The monoisotopic (exact) mass is 263 g/mol. The van der Waals surface area contributed by atoms with Crippen LogP contribution in [0.1, 0.15) is 16.7 Å². The van der Waals surface area contributed by atoms with Crippen molar-refractivity contribution >= 4 is 11.6 Å². The summed E-state index contributed by atoms with van der Waals surface area (Å²) in [5, 5.41) is 4.08. The van der Waals surface area contributed by atoms with Gasteiger partial charge < -0.3 is 5.32 Å². The van der Waals surface area contributed by atoms with Crippen LogP contribution in [0.3, 0.4) is 0 Å². The van der Waals surface area contributed by atoms with Crippen LogP contribution in [-0.4, -0.2) is 0 Å². The van der Waals surface area contributed by atoms with Gasteiger partial charge in [0.15, 0.2) is 0 Å². The van der Waals surface area contributed by atoms with Crippen molar-refractivity contribution in [1.29, 1.82) is 0 Å². The molecule has 0 aliphatic rings. The van der Waals surface area contributed by atoms with E-state index >= 15 is 0 Å². The first-order chi connectivity index (χ1) is 8.66. The summed E-state index contributed by atoms with van der Waals surface area (Å²) in [5.74, 6) is -0.192. The Kier molecular flexibility index (Phi) is 4.34. The lowest BCUT2D eigenvalue weighted by atomic mass is 10.1. The summed E-state index contributed by atoms with van der Waals surface area (Å²) in [6, 6.07) is 12.6. The highest BCUT2D eigenvalue weighted by Crippen LogP contribution is 2.15. The second kappa shape index (κ2) is 5.98. The van der Waals surface area contributed by atoms with Crippen molar-refractivity contribution in [2.24, 2.45) is 0 Å². The Bertz CT molecular complexity index is 540. The second-order valence-corrected chi connectivity index (χ2v) is 4.67. The molecule has 0 fully saturated rings. The molecule has 0 aliphatic heterocycles. The van der Waals surface area contributed by atoms with Gasteiger partial charge in [-0.25, -0.2) is 4.39 Å². The Morgan fingerprint density at radius 2 is 1.78 bits per heavy atom. The van der Waals surface area contributed by atoms with Crippen molar-refractivity contribution < 1.29 is 4.39 Å². The van der Waals surface area contributed by atoms with Crippen LogP contribution < -0.4 is 5.32 Å². The number of aryl methyl sites for hydroxylation is 1. The number of rotatable bonds is 4. The smallest absolute Gasteiger partial charge is 0.123 e. The van der Waals surface area contributed by atoms with Crippen molar-refractivity contribution in [1.82, 2.24) is 5.32 Å². The first-order valence-corrected chi connectivity index (χ1v) is 6.24. The van der Waals surface area contributed by atoms with Crippen LogP contribution in [0.15, 0.2) is 42.5 Å². The molecule has 0 saturated heterocycles. The summed E-state index contributed by atoms with van der Waals surface area (Å²) in [6.07, 6.45) is 0. The van der Waals surface area contributed by atoms with Gasteiger partial charge in [-0.2, -0.15) is 0 Å². The SMILES string of the molecule is Cc1cc(F)ccc1CNCc1ccccc1Cl. The molecule has 18 heavy (non-hydrogen) atoms. The van der Waals surface area contributed by atoms with Gasteiger partial charge in [0.2, 0.25) is 0 Å². The average molecular weight is 264 g/mol. The van der Waals surface area contributed by atoms with Gasteiger partial charge in [-0.1, -0.05) is 35.9 Å². The van der Waals surface area contributed by atoms with E-state index in [1.54, 1.807) is 6.07 Å². The van der Waals surface area contributed by atoms with Gasteiger partial charge in [0.1, 0.15) is 5.82 Å². The van der Waals surface area contributed by atoms with Crippen LogP contribution in [-0.2, 0) is 13.1 Å². The summed E-state index contributed by atoms with van der Waals surface area (Å²) in [6.45, 7) is 3.32. The standard InChI is InChI=1S/C15H15ClFN/c1-11-8-14(17)7-6-12(11)9-18-10-13-4-2-3-5-15(13)16/h2-8,18H,9-10H2,1H3. The number of nitrogens with one attached hydrogen (secondary N) is 1. The Morgan fingerprint density at radius 3 is 2.50 bits per heavy atom. The van der Waals surface area contributed by atoms with E-state index in [-0.39, 0.29) is 5.82 Å². The quantitative estimate of drug-likeness (QED) is 0.877. The zero-order chi connectivity index (χ0) is 13.0. The van der Waals surface area contributed by atoms with Crippen LogP contribution in [0.25, 0.3) is 0 Å². The van der Waals surface area contributed by atoms with Gasteiger partial charge in [-0.3, -0.25) is 0 Å². The van der Waals surface area contributed by atoms with Crippen molar-refractivity contribution in [3.63, 3.8) is 0 Å². The molecule has 0 bridgehead atoms. The number of hydrogen-bond acceptors (Lipinski definition) is 1. The largest absolute Gasteiger partial charge is 0.309 e. The lowest BCUT2D eigenvalue weighted by Gasteiger charge is -2.09. The predicted molar refractivity (Wildman–Crippen MR) is 73.1 cm³/mol. The van der Waals surface area contributed by atoms with Gasteiger partial charge in [0.05, 0.1) is 0 Å². The molecular weight excluding hydrogens is 249 g/mol. The molecule has 2 aromatic rings. The molecule has 0 spiro atoms. The summed E-state index contributed by atoms with van der Waals surface area (Å²) < 4.78 is 12.9. The lowest BCUT2D eigenvalue weighted by Crippen LogP contribution is -2.13. The molecule has 1 N–H and O–H groups in total. The molecule has 0 saturated carbocycles. The van der Waals surface area contributed by atoms with Gasteiger partial charge >= 0.3 is 0 Å². The molecule has 0 atom stereocenters. The zero-order valence-electron chi connectivity index (χ0n) is 10.2. The van der Waals surface area contributed by atoms with Gasteiger partial charge in [-0.15, -0.1) is 0 Å². The fourth-order valence-corrected chi connectivity index (χ4v) is 2.03. The molecule has 3 heteroatoms. The third kappa shape index (κ3) is 3.31. The van der Waals surface area contributed by atoms with Crippen LogP contribution >= 0.6 is 11.6 Å². The fourth-order valence-electron chi connectivity index (χ4n) is 1.83. The maximum atomic E-state index is 12.9. The molecule has 0 radical (unpaired) electrons. The van der Waals surface area contributed by atoms with Crippen LogP contribution in [0, 0.1) is 12.7 Å². The maximum absolute atomic E-state index is 12.9. The molecular formula is C15H15ClFN. The summed E-state index contributed by atoms with van der Waals surface area (Å²) in [5.41, 5.74) is 3.13. The molecule has 1 nitrogen and oxygen atoms in total. The lowest BCUT2D eigenvalue weighted by molar-refractivity contribution is 0.623. The Hall–Kier alpha value is -1.38. The third-order valence-corrected chi connectivity index (χ3v) is 3.26. The zero-order valence-corrected chi connectivity index (χ0v) is 11.0. The minimum absolute atomic E-state index is 0.192. The summed E-state index contributed by atoms with van der Waals surface area (Å²) >= 11 is 6.07. The van der Waals surface area contributed by atoms with E-state index in [0.717, 1.165) is 21.7 Å². The van der Waals surface area contributed by atoms with Crippen molar-refractivity contribution in [2.75, 3.05) is 0 Å². The average Bonchev–Trinajstić information content (AvgIpc) is 2.34. The molecule has 0 aliphatic carbocycles. The molecule has 0 aromatic heterocycles. The highest BCUT2D eigenvalue weighted by molar-refractivity contribution is 6.31. The first kappa shape index (κ1) is 13.1. The van der Waals surface area contributed by atoms with Crippen LogP contribution in [0.4, 0.5) is 4.39 Å². The molecule has 2 rings (SSSR count). The number of hydrogen-bond donors (Lipinski definition) is 1. The molecule has 0 heterocycles. The van der Waals surface area contributed by atoms with Crippen LogP contribution in [0.5, 0.6) is 0 Å². The molecule has 0 unspecified atom stereocenters.